The van der Waals surface area contributed by atoms with E-state index in [-0.39, 0.29) is 37.9 Å². The highest BCUT2D eigenvalue weighted by molar-refractivity contribution is 6.04. The molecule has 132 valence electrons. The molecule has 0 amide bonds. The molecule has 0 atom stereocenters. The largest absolute Gasteiger partial charge is 0.289 e. The van der Waals surface area contributed by atoms with E-state index in [1.807, 2.05) is 0 Å². The van der Waals surface area contributed by atoms with Crippen LogP contribution in [0.4, 0.5) is 0 Å². The van der Waals surface area contributed by atoms with Crippen LogP contribution in [0.5, 0.6) is 0 Å². The molecule has 4 rings (SSSR count). The Kier molecular flexibility index (Phi) is 3.56. The number of benzene rings is 3. The second-order valence-corrected chi connectivity index (χ2v) is 6.36. The van der Waals surface area contributed by atoms with Crippen molar-refractivity contribution in [3.05, 3.63) is 82.6 Å². The summed E-state index contributed by atoms with van der Waals surface area (Å²) in [5, 5.41) is 18.4. The van der Waals surface area contributed by atoms with E-state index >= 15 is 0 Å². The number of hydrogen-bond donors (Lipinski definition) is 0. The van der Waals surface area contributed by atoms with Crippen molar-refractivity contribution in [2.45, 2.75) is 0 Å². The Labute approximate surface area is 155 Å². The molecule has 4 aromatic rings. The molecule has 0 aliphatic carbocycles. The quantitative estimate of drug-likeness (QED) is 0.368. The van der Waals surface area contributed by atoms with E-state index in [1.165, 1.54) is 43.5 Å². The van der Waals surface area contributed by atoms with Crippen LogP contribution in [0.1, 0.15) is 5.56 Å². The van der Waals surface area contributed by atoms with Crippen LogP contribution in [0.25, 0.3) is 38.4 Å². The molecule has 1 aromatic heterocycles. The monoisotopic (exact) mass is 367 g/mol. The number of hydrogen-bond acceptors (Lipinski definition) is 6. The lowest BCUT2D eigenvalue weighted by molar-refractivity contribution is 0.856. The summed E-state index contributed by atoms with van der Waals surface area (Å²) >= 11 is 0. The Morgan fingerprint density at radius 1 is 0.786 bits per heavy atom. The summed E-state index contributed by atoms with van der Waals surface area (Å²) in [5.41, 5.74) is -1.66. The molecule has 0 N–H and O–H groups in total. The van der Waals surface area contributed by atoms with Crippen molar-refractivity contribution in [1.29, 1.82) is 10.5 Å². The van der Waals surface area contributed by atoms with E-state index in [9.17, 15) is 19.2 Å². The average molecular weight is 367 g/mol. The number of nitriles is 2. The van der Waals surface area contributed by atoms with Gasteiger partial charge in [0.1, 0.15) is 17.7 Å². The van der Waals surface area contributed by atoms with Gasteiger partial charge in [-0.3, -0.25) is 23.7 Å². The third kappa shape index (κ3) is 2.21. The third-order valence-electron chi connectivity index (χ3n) is 4.80. The van der Waals surface area contributed by atoms with Crippen LogP contribution >= 0.6 is 0 Å². The minimum atomic E-state index is -0.529. The molecule has 7 heteroatoms. The van der Waals surface area contributed by atoms with Crippen molar-refractivity contribution in [2.24, 2.45) is 7.05 Å². The first-order chi connectivity index (χ1) is 13.4. The summed E-state index contributed by atoms with van der Waals surface area (Å²) in [4.78, 5) is 50.3. The highest BCUT2D eigenvalue weighted by Crippen LogP contribution is 2.19. The zero-order valence-electron chi connectivity index (χ0n) is 14.4. The van der Waals surface area contributed by atoms with Crippen LogP contribution < -0.4 is 22.0 Å². The standard InChI is InChI=1S/C21H9N3O4/c1-24-20(27)16-6-14-15(7-17(16)21(24)28)19(26)13-5-10(4-11(8-22)9-23)2-3-12(13)18(14)25/h2-7H,1H3. The number of rotatable bonds is 1. The molecule has 0 saturated carbocycles. The molecule has 0 aliphatic heterocycles. The van der Waals surface area contributed by atoms with Gasteiger partial charge in [0.15, 0.2) is 10.9 Å². The Hall–Kier alpha value is -4.36. The summed E-state index contributed by atoms with van der Waals surface area (Å²) in [7, 11) is 1.34. The molecule has 28 heavy (non-hydrogen) atoms. The molecule has 7 nitrogen and oxygen atoms in total. The van der Waals surface area contributed by atoms with Crippen LogP contribution in [0, 0.1) is 22.7 Å². The SMILES string of the molecule is Cn1c(=O)c2cc3c(=O)c4ccc(C=C(C#N)C#N)cc4c(=O)c3cc2c1=O. The Morgan fingerprint density at radius 3 is 1.82 bits per heavy atom. The summed E-state index contributed by atoms with van der Waals surface area (Å²) in [6.45, 7) is 0. The Bertz CT molecular complexity index is 1650. The molecule has 0 bridgehead atoms. The van der Waals surface area contributed by atoms with Gasteiger partial charge in [-0.05, 0) is 35.9 Å². The number of allylic oxidation sites excluding steroid dienone is 1. The molecule has 0 spiro atoms. The van der Waals surface area contributed by atoms with Gasteiger partial charge in [-0.1, -0.05) is 6.07 Å². The van der Waals surface area contributed by atoms with E-state index in [1.54, 1.807) is 12.1 Å². The number of nitrogens with zero attached hydrogens (tertiary/aromatic N) is 3. The van der Waals surface area contributed by atoms with Gasteiger partial charge < -0.3 is 0 Å². The minimum Gasteiger partial charge on any atom is -0.289 e. The Morgan fingerprint density at radius 2 is 1.29 bits per heavy atom. The zero-order valence-corrected chi connectivity index (χ0v) is 14.4. The van der Waals surface area contributed by atoms with Gasteiger partial charge in [0.05, 0.1) is 10.8 Å². The maximum Gasteiger partial charge on any atom is 0.261 e. The van der Waals surface area contributed by atoms with Crippen LogP contribution in [0.3, 0.4) is 0 Å². The summed E-state index contributed by atoms with van der Waals surface area (Å²) in [5.74, 6) is 0. The second-order valence-electron chi connectivity index (χ2n) is 6.36. The first kappa shape index (κ1) is 17.1. The lowest BCUT2D eigenvalue weighted by Gasteiger charge is -2.02. The van der Waals surface area contributed by atoms with Crippen LogP contribution in [0.15, 0.2) is 55.1 Å². The van der Waals surface area contributed by atoms with E-state index in [0.29, 0.717) is 5.56 Å². The second kappa shape index (κ2) is 5.83. The van der Waals surface area contributed by atoms with Crippen LogP contribution in [-0.2, 0) is 7.05 Å². The van der Waals surface area contributed by atoms with Gasteiger partial charge >= 0.3 is 0 Å². The molecule has 0 saturated heterocycles. The van der Waals surface area contributed by atoms with Crippen LogP contribution in [-0.4, -0.2) is 4.57 Å². The van der Waals surface area contributed by atoms with Crippen molar-refractivity contribution in [3.63, 3.8) is 0 Å². The predicted molar refractivity (Wildman–Crippen MR) is 105 cm³/mol. The smallest absolute Gasteiger partial charge is 0.261 e. The number of aromatic nitrogens is 1. The van der Waals surface area contributed by atoms with Gasteiger partial charge in [0.2, 0.25) is 0 Å². The van der Waals surface area contributed by atoms with Crippen molar-refractivity contribution in [1.82, 2.24) is 4.57 Å². The molecule has 0 fully saturated rings. The topological polar surface area (TPSA) is 121 Å². The van der Waals surface area contributed by atoms with Crippen molar-refractivity contribution in [3.8, 4) is 12.1 Å². The Balaban J connectivity index is 2.19. The van der Waals surface area contributed by atoms with Gasteiger partial charge in [-0.15, -0.1) is 0 Å². The van der Waals surface area contributed by atoms with Crippen molar-refractivity contribution >= 4 is 38.4 Å². The van der Waals surface area contributed by atoms with Gasteiger partial charge in [-0.25, -0.2) is 0 Å². The summed E-state index contributed by atoms with van der Waals surface area (Å²) in [6.07, 6.45) is 1.31. The van der Waals surface area contributed by atoms with Gasteiger partial charge in [0, 0.05) is 28.6 Å². The fourth-order valence-corrected chi connectivity index (χ4v) is 3.37. The first-order valence-electron chi connectivity index (χ1n) is 8.13. The predicted octanol–water partition coefficient (Wildman–Crippen LogP) is 1.23. The van der Waals surface area contributed by atoms with Gasteiger partial charge in [0.25, 0.3) is 11.1 Å². The lowest BCUT2D eigenvalue weighted by atomic mass is 9.98. The molecule has 0 radical (unpaired) electrons. The van der Waals surface area contributed by atoms with E-state index < -0.39 is 22.0 Å². The van der Waals surface area contributed by atoms with Gasteiger partial charge in [-0.2, -0.15) is 10.5 Å². The third-order valence-corrected chi connectivity index (χ3v) is 4.80. The average Bonchev–Trinajstić information content (AvgIpc) is 2.92. The highest BCUT2D eigenvalue weighted by atomic mass is 16.2. The summed E-state index contributed by atoms with van der Waals surface area (Å²) < 4.78 is 0.937. The molecule has 0 aliphatic rings. The zero-order chi connectivity index (χ0) is 20.2. The van der Waals surface area contributed by atoms with E-state index in [2.05, 4.69) is 0 Å². The fourth-order valence-electron chi connectivity index (χ4n) is 3.37. The molecule has 3 aromatic carbocycles. The van der Waals surface area contributed by atoms with E-state index in [0.717, 1.165) is 4.57 Å². The molecule has 0 unspecified atom stereocenters. The maximum absolute atomic E-state index is 13.0. The minimum absolute atomic E-state index is 0.0506. The highest BCUT2D eigenvalue weighted by Gasteiger charge is 2.16. The number of fused-ring (bicyclic) bond motifs is 3. The van der Waals surface area contributed by atoms with Crippen LogP contribution in [0.2, 0.25) is 0 Å². The van der Waals surface area contributed by atoms with Crippen molar-refractivity contribution < 1.29 is 0 Å². The normalized spacial score (nSPS) is 10.8. The first-order valence-corrected chi connectivity index (χ1v) is 8.13. The fraction of sp³-hybridized carbons (Fsp3) is 0.0476. The maximum atomic E-state index is 13.0. The summed E-state index contributed by atoms with van der Waals surface area (Å²) in [6, 6.07) is 10.5. The molecular weight excluding hydrogens is 358 g/mol. The van der Waals surface area contributed by atoms with E-state index in [4.69, 9.17) is 10.5 Å². The lowest BCUT2D eigenvalue weighted by Crippen LogP contribution is -2.20. The van der Waals surface area contributed by atoms with Crippen molar-refractivity contribution in [2.75, 3.05) is 0 Å². The molecule has 1 heterocycles. The molecular formula is C21H9N3O4.